The molecule has 1 N–H and O–H groups in total. The van der Waals surface area contributed by atoms with Crippen LogP contribution in [0.3, 0.4) is 0 Å². The summed E-state index contributed by atoms with van der Waals surface area (Å²) < 4.78 is 0. The number of rotatable bonds is 5. The summed E-state index contributed by atoms with van der Waals surface area (Å²) >= 11 is 0. The lowest BCUT2D eigenvalue weighted by Gasteiger charge is -2.32. The highest BCUT2D eigenvalue weighted by molar-refractivity contribution is 5.63. The molecule has 0 saturated heterocycles. The Kier molecular flexibility index (Phi) is 3.79. The van der Waals surface area contributed by atoms with Gasteiger partial charge in [0.15, 0.2) is 0 Å². The Morgan fingerprint density at radius 2 is 2.21 bits per heavy atom. The first-order valence-electron chi connectivity index (χ1n) is 7.81. The predicted octanol–water partition coefficient (Wildman–Crippen LogP) is 3.00. The normalized spacial score (nSPS) is 20.2. The van der Waals surface area contributed by atoms with E-state index in [2.05, 4.69) is 42.4 Å². The number of hydrogen-bond donors (Lipinski definition) is 1. The molecule has 0 amide bonds. The Balaban J connectivity index is 1.80. The fraction of sp³-hybridized carbons (Fsp3) is 0.647. The van der Waals surface area contributed by atoms with Crippen LogP contribution in [0.4, 0.5) is 5.69 Å². The molecular formula is C17H26N2. The number of nitrogens with zero attached hydrogens (tertiary/aromatic N) is 1. The van der Waals surface area contributed by atoms with Gasteiger partial charge in [-0.05, 0) is 56.7 Å². The van der Waals surface area contributed by atoms with E-state index in [-0.39, 0.29) is 0 Å². The lowest BCUT2D eigenvalue weighted by molar-refractivity contribution is 0.319. The number of para-hydroxylation sites is 1. The third-order valence-corrected chi connectivity index (χ3v) is 4.89. The molecule has 0 bridgehead atoms. The van der Waals surface area contributed by atoms with Crippen LogP contribution in [-0.2, 0) is 12.8 Å². The molecule has 1 fully saturated rings. The number of fused-ring (bicyclic) bond motifs is 1. The molecule has 1 aliphatic carbocycles. The molecular weight excluding hydrogens is 232 g/mol. The van der Waals surface area contributed by atoms with Gasteiger partial charge in [0.05, 0.1) is 0 Å². The van der Waals surface area contributed by atoms with Gasteiger partial charge in [0.2, 0.25) is 0 Å². The summed E-state index contributed by atoms with van der Waals surface area (Å²) in [6, 6.07) is 7.44. The van der Waals surface area contributed by atoms with Gasteiger partial charge in [-0.1, -0.05) is 24.6 Å². The van der Waals surface area contributed by atoms with Gasteiger partial charge in [-0.25, -0.2) is 0 Å². The van der Waals surface area contributed by atoms with Crippen LogP contribution in [0.1, 0.15) is 37.3 Å². The Morgan fingerprint density at radius 1 is 1.37 bits per heavy atom. The van der Waals surface area contributed by atoms with E-state index >= 15 is 0 Å². The summed E-state index contributed by atoms with van der Waals surface area (Å²) in [5.41, 5.74) is 4.67. The molecule has 19 heavy (non-hydrogen) atoms. The molecule has 0 spiro atoms. The van der Waals surface area contributed by atoms with Crippen LogP contribution in [0, 0.1) is 5.92 Å². The Labute approximate surface area is 117 Å². The van der Waals surface area contributed by atoms with Gasteiger partial charge in [0.25, 0.3) is 0 Å². The lowest BCUT2D eigenvalue weighted by atomic mass is 9.85. The fourth-order valence-electron chi connectivity index (χ4n) is 3.39. The van der Waals surface area contributed by atoms with Crippen molar-refractivity contribution in [2.75, 3.05) is 25.0 Å². The first-order valence-corrected chi connectivity index (χ1v) is 7.81. The number of likely N-dealkylation sites (N-methyl/N-ethyl adjacent to an activating group) is 1. The molecule has 1 unspecified atom stereocenters. The minimum atomic E-state index is 0.553. The second-order valence-electron chi connectivity index (χ2n) is 6.31. The second kappa shape index (κ2) is 5.54. The van der Waals surface area contributed by atoms with Crippen molar-refractivity contribution in [2.45, 2.75) is 45.1 Å². The fourth-order valence-corrected chi connectivity index (χ4v) is 3.39. The molecule has 1 aliphatic heterocycles. The molecule has 2 aliphatic rings. The number of nitrogens with one attached hydrogen (secondary N) is 1. The summed E-state index contributed by atoms with van der Waals surface area (Å²) in [7, 11) is 2.06. The van der Waals surface area contributed by atoms with Crippen molar-refractivity contribution in [1.29, 1.82) is 0 Å². The van der Waals surface area contributed by atoms with E-state index in [0.29, 0.717) is 6.04 Å². The van der Waals surface area contributed by atoms with Crippen LogP contribution < -0.4 is 10.2 Å². The van der Waals surface area contributed by atoms with E-state index in [1.54, 1.807) is 11.3 Å². The topological polar surface area (TPSA) is 15.3 Å². The largest absolute Gasteiger partial charge is 0.370 e. The van der Waals surface area contributed by atoms with Gasteiger partial charge < -0.3 is 10.2 Å². The second-order valence-corrected chi connectivity index (χ2v) is 6.31. The van der Waals surface area contributed by atoms with Crippen molar-refractivity contribution in [2.24, 2.45) is 5.92 Å². The summed E-state index contributed by atoms with van der Waals surface area (Å²) in [6.07, 6.45) is 6.72. The molecule has 1 heterocycles. The number of anilines is 1. The van der Waals surface area contributed by atoms with Gasteiger partial charge in [-0.15, -0.1) is 0 Å². The quantitative estimate of drug-likeness (QED) is 0.873. The molecule has 0 aromatic heterocycles. The van der Waals surface area contributed by atoms with Gasteiger partial charge in [-0.3, -0.25) is 0 Å². The molecule has 0 radical (unpaired) electrons. The average Bonchev–Trinajstić information content (AvgIpc) is 2.78. The van der Waals surface area contributed by atoms with Crippen LogP contribution in [0.2, 0.25) is 0 Å². The molecule has 2 nitrogen and oxygen atoms in total. The molecule has 1 aromatic carbocycles. The summed E-state index contributed by atoms with van der Waals surface area (Å²) in [5, 5.41) is 3.36. The van der Waals surface area contributed by atoms with E-state index in [9.17, 15) is 0 Å². The van der Waals surface area contributed by atoms with E-state index in [1.165, 1.54) is 44.3 Å². The van der Waals surface area contributed by atoms with Crippen molar-refractivity contribution in [1.82, 2.24) is 5.32 Å². The van der Waals surface area contributed by atoms with E-state index < -0.39 is 0 Å². The zero-order valence-corrected chi connectivity index (χ0v) is 12.3. The molecule has 1 aromatic rings. The first-order chi connectivity index (χ1) is 9.28. The van der Waals surface area contributed by atoms with Crippen molar-refractivity contribution in [3.63, 3.8) is 0 Å². The Morgan fingerprint density at radius 3 is 2.89 bits per heavy atom. The van der Waals surface area contributed by atoms with Crippen LogP contribution in [0.25, 0.3) is 0 Å². The maximum atomic E-state index is 3.36. The monoisotopic (exact) mass is 258 g/mol. The van der Waals surface area contributed by atoms with Gasteiger partial charge in [-0.2, -0.15) is 0 Å². The highest BCUT2D eigenvalue weighted by Gasteiger charge is 2.27. The summed E-state index contributed by atoms with van der Waals surface area (Å²) in [6.45, 7) is 4.79. The summed E-state index contributed by atoms with van der Waals surface area (Å²) in [5.74, 6) is 0.959. The average molecular weight is 258 g/mol. The van der Waals surface area contributed by atoms with Crippen LogP contribution in [-0.4, -0.2) is 26.2 Å². The zero-order valence-electron chi connectivity index (χ0n) is 12.3. The predicted molar refractivity (Wildman–Crippen MR) is 81.9 cm³/mol. The van der Waals surface area contributed by atoms with Gasteiger partial charge >= 0.3 is 0 Å². The molecule has 1 saturated carbocycles. The number of benzene rings is 1. The van der Waals surface area contributed by atoms with Gasteiger partial charge in [0.1, 0.15) is 0 Å². The molecule has 2 heteroatoms. The minimum absolute atomic E-state index is 0.553. The molecule has 1 atom stereocenters. The van der Waals surface area contributed by atoms with Crippen molar-refractivity contribution in [3.8, 4) is 0 Å². The third-order valence-electron chi connectivity index (χ3n) is 4.89. The molecule has 3 rings (SSSR count). The Bertz CT molecular complexity index is 437. The van der Waals surface area contributed by atoms with E-state index in [4.69, 9.17) is 0 Å². The zero-order chi connectivity index (χ0) is 13.2. The molecule has 104 valence electrons. The Hall–Kier alpha value is -1.02. The van der Waals surface area contributed by atoms with Crippen molar-refractivity contribution >= 4 is 5.69 Å². The maximum absolute atomic E-state index is 3.36. The van der Waals surface area contributed by atoms with Crippen LogP contribution in [0.5, 0.6) is 0 Å². The smallest absolute Gasteiger partial charge is 0.0432 e. The standard InChI is InChI=1S/C17H26N2/c1-13(18-2)11-16-8-4-7-15-9-10-19(17(15)16)12-14-5-3-6-14/h4,7-8,13-14,18H,3,5-6,9-12H2,1-2H3. The van der Waals surface area contributed by atoms with E-state index in [0.717, 1.165) is 12.3 Å². The van der Waals surface area contributed by atoms with Crippen molar-refractivity contribution in [3.05, 3.63) is 29.3 Å². The SMILES string of the molecule is CNC(C)Cc1cccc2c1N(CC1CCC1)CC2. The first kappa shape index (κ1) is 13.0. The van der Waals surface area contributed by atoms with E-state index in [1.807, 2.05) is 0 Å². The third kappa shape index (κ3) is 2.64. The van der Waals surface area contributed by atoms with Crippen LogP contribution in [0.15, 0.2) is 18.2 Å². The number of hydrogen-bond acceptors (Lipinski definition) is 2. The van der Waals surface area contributed by atoms with Gasteiger partial charge in [0, 0.05) is 24.8 Å². The summed E-state index contributed by atoms with van der Waals surface area (Å²) in [4.78, 5) is 2.66. The highest BCUT2D eigenvalue weighted by Crippen LogP contribution is 2.36. The lowest BCUT2D eigenvalue weighted by Crippen LogP contribution is -2.32. The highest BCUT2D eigenvalue weighted by atomic mass is 15.2. The maximum Gasteiger partial charge on any atom is 0.0432 e. The minimum Gasteiger partial charge on any atom is -0.370 e. The van der Waals surface area contributed by atoms with Crippen molar-refractivity contribution < 1.29 is 0 Å². The van der Waals surface area contributed by atoms with Crippen LogP contribution >= 0.6 is 0 Å².